The van der Waals surface area contributed by atoms with Crippen LogP contribution >= 0.6 is 34.8 Å². The second-order valence-corrected chi connectivity index (χ2v) is 4.61. The summed E-state index contributed by atoms with van der Waals surface area (Å²) in [5.41, 5.74) is 0.403. The van der Waals surface area contributed by atoms with Gasteiger partial charge >= 0.3 is 0 Å². The van der Waals surface area contributed by atoms with Crippen molar-refractivity contribution in [3.63, 3.8) is 0 Å². The van der Waals surface area contributed by atoms with Gasteiger partial charge in [0.2, 0.25) is 0 Å². The highest BCUT2D eigenvalue weighted by Crippen LogP contribution is 2.37. The van der Waals surface area contributed by atoms with Gasteiger partial charge in [0.25, 0.3) is 0 Å². The van der Waals surface area contributed by atoms with Gasteiger partial charge in [0.05, 0.1) is 15.1 Å². The molecule has 0 bridgehead atoms. The molecule has 3 nitrogen and oxygen atoms in total. The SMILES string of the molecule is CCC(N=Nc1ccc(Cl)c(Cl)c1Cl)C(C)=O. The fraction of sp³-hybridized carbons (Fsp3) is 0.364. The molecule has 6 heteroatoms. The molecule has 1 aromatic rings. The quantitative estimate of drug-likeness (QED) is 0.562. The zero-order valence-electron chi connectivity index (χ0n) is 9.38. The highest BCUT2D eigenvalue weighted by Gasteiger charge is 2.11. The molecule has 0 spiro atoms. The van der Waals surface area contributed by atoms with E-state index in [1.807, 2.05) is 6.92 Å². The van der Waals surface area contributed by atoms with Crippen molar-refractivity contribution in [1.29, 1.82) is 0 Å². The first kappa shape index (κ1) is 14.4. The molecule has 17 heavy (non-hydrogen) atoms. The Hall–Kier alpha value is -0.640. The normalized spacial score (nSPS) is 13.0. The van der Waals surface area contributed by atoms with Gasteiger partial charge in [-0.1, -0.05) is 41.7 Å². The Morgan fingerprint density at radius 1 is 1.29 bits per heavy atom. The van der Waals surface area contributed by atoms with Crippen LogP contribution in [0.3, 0.4) is 0 Å². The predicted octanol–water partition coefficient (Wildman–Crippen LogP) is 5.10. The van der Waals surface area contributed by atoms with Crippen LogP contribution in [0.25, 0.3) is 0 Å². The summed E-state index contributed by atoms with van der Waals surface area (Å²) in [6, 6.07) is 2.74. The van der Waals surface area contributed by atoms with Crippen LogP contribution < -0.4 is 0 Å². The largest absolute Gasteiger partial charge is 0.298 e. The average molecular weight is 294 g/mol. The van der Waals surface area contributed by atoms with E-state index in [1.54, 1.807) is 12.1 Å². The number of ketones is 1. The van der Waals surface area contributed by atoms with Gasteiger partial charge in [0.1, 0.15) is 11.7 Å². The van der Waals surface area contributed by atoms with Crippen molar-refractivity contribution in [2.75, 3.05) is 0 Å². The molecule has 0 saturated heterocycles. The minimum absolute atomic E-state index is 0.0348. The van der Waals surface area contributed by atoms with E-state index >= 15 is 0 Å². The van der Waals surface area contributed by atoms with Crippen LogP contribution in [-0.4, -0.2) is 11.8 Å². The highest BCUT2D eigenvalue weighted by atomic mass is 35.5. The van der Waals surface area contributed by atoms with Crippen molar-refractivity contribution in [1.82, 2.24) is 0 Å². The van der Waals surface area contributed by atoms with Crippen molar-refractivity contribution in [3.05, 3.63) is 27.2 Å². The minimum atomic E-state index is -0.444. The Kier molecular flexibility index (Phi) is 5.37. The first-order chi connectivity index (χ1) is 7.97. The first-order valence-electron chi connectivity index (χ1n) is 5.02. The Morgan fingerprint density at radius 2 is 1.94 bits per heavy atom. The Morgan fingerprint density at radius 3 is 2.47 bits per heavy atom. The summed E-state index contributed by atoms with van der Waals surface area (Å²) >= 11 is 17.6. The molecule has 92 valence electrons. The fourth-order valence-electron chi connectivity index (χ4n) is 1.18. The highest BCUT2D eigenvalue weighted by molar-refractivity contribution is 6.49. The van der Waals surface area contributed by atoms with Crippen LogP contribution in [0, 0.1) is 0 Å². The molecular formula is C11H11Cl3N2O. The van der Waals surface area contributed by atoms with E-state index in [4.69, 9.17) is 34.8 Å². The molecular weight excluding hydrogens is 282 g/mol. The van der Waals surface area contributed by atoms with Crippen LogP contribution in [0.1, 0.15) is 20.3 Å². The maximum atomic E-state index is 11.2. The molecule has 1 atom stereocenters. The Bertz CT molecular complexity index is 460. The zero-order valence-corrected chi connectivity index (χ0v) is 11.6. The van der Waals surface area contributed by atoms with E-state index in [9.17, 15) is 4.79 Å². The number of azo groups is 1. The van der Waals surface area contributed by atoms with Gasteiger partial charge in [-0.2, -0.15) is 10.2 Å². The molecule has 0 fully saturated rings. The summed E-state index contributed by atoms with van der Waals surface area (Å²) in [4.78, 5) is 11.2. The first-order valence-corrected chi connectivity index (χ1v) is 6.15. The van der Waals surface area contributed by atoms with Gasteiger partial charge in [0, 0.05) is 0 Å². The van der Waals surface area contributed by atoms with Crippen LogP contribution in [0.2, 0.25) is 15.1 Å². The molecule has 1 rings (SSSR count). The van der Waals surface area contributed by atoms with Crippen molar-refractivity contribution in [3.8, 4) is 0 Å². The van der Waals surface area contributed by atoms with Gasteiger partial charge in [-0.15, -0.1) is 0 Å². The topological polar surface area (TPSA) is 41.8 Å². The number of hydrogen-bond donors (Lipinski definition) is 0. The third-order valence-electron chi connectivity index (χ3n) is 2.18. The van der Waals surface area contributed by atoms with Crippen molar-refractivity contribution >= 4 is 46.3 Å². The molecule has 0 saturated carbocycles. The zero-order chi connectivity index (χ0) is 13.0. The van der Waals surface area contributed by atoms with Gasteiger partial charge in [-0.25, -0.2) is 0 Å². The van der Waals surface area contributed by atoms with Crippen LogP contribution in [0.5, 0.6) is 0 Å². The number of halogens is 3. The Balaban J connectivity index is 2.99. The van der Waals surface area contributed by atoms with E-state index < -0.39 is 6.04 Å². The number of rotatable bonds is 4. The van der Waals surface area contributed by atoms with Crippen LogP contribution in [0.15, 0.2) is 22.4 Å². The maximum absolute atomic E-state index is 11.2. The monoisotopic (exact) mass is 292 g/mol. The number of carbonyl (C=O) groups excluding carboxylic acids is 1. The van der Waals surface area contributed by atoms with Gasteiger partial charge in [0.15, 0.2) is 5.78 Å². The molecule has 0 aliphatic heterocycles. The summed E-state index contributed by atoms with van der Waals surface area (Å²) in [5, 5.41) is 8.69. The average Bonchev–Trinajstić information content (AvgIpc) is 2.29. The lowest BCUT2D eigenvalue weighted by Crippen LogP contribution is -2.12. The van der Waals surface area contributed by atoms with Crippen molar-refractivity contribution in [2.24, 2.45) is 10.2 Å². The predicted molar refractivity (Wildman–Crippen MR) is 70.7 cm³/mol. The van der Waals surface area contributed by atoms with Crippen molar-refractivity contribution < 1.29 is 4.79 Å². The molecule has 0 amide bonds. The second-order valence-electron chi connectivity index (χ2n) is 3.44. The van der Waals surface area contributed by atoms with E-state index in [-0.39, 0.29) is 15.8 Å². The van der Waals surface area contributed by atoms with Crippen LogP contribution in [-0.2, 0) is 4.79 Å². The summed E-state index contributed by atoms with van der Waals surface area (Å²) in [6.07, 6.45) is 0.595. The maximum Gasteiger partial charge on any atom is 0.156 e. The Labute approximate surface area is 115 Å². The van der Waals surface area contributed by atoms with Gasteiger partial charge in [-0.3, -0.25) is 4.79 Å². The number of nitrogens with zero attached hydrogens (tertiary/aromatic N) is 2. The lowest BCUT2D eigenvalue weighted by molar-refractivity contribution is -0.118. The van der Waals surface area contributed by atoms with E-state index in [1.165, 1.54) is 6.92 Å². The van der Waals surface area contributed by atoms with Gasteiger partial charge < -0.3 is 0 Å². The summed E-state index contributed by atoms with van der Waals surface area (Å²) in [5.74, 6) is -0.0348. The summed E-state index contributed by atoms with van der Waals surface area (Å²) in [7, 11) is 0. The minimum Gasteiger partial charge on any atom is -0.298 e. The molecule has 0 radical (unpaired) electrons. The lowest BCUT2D eigenvalue weighted by Gasteiger charge is -2.04. The number of hydrogen-bond acceptors (Lipinski definition) is 3. The number of benzene rings is 1. The number of carbonyl (C=O) groups is 1. The van der Waals surface area contributed by atoms with E-state index in [2.05, 4.69) is 10.2 Å². The van der Waals surface area contributed by atoms with Gasteiger partial charge in [-0.05, 0) is 25.5 Å². The third-order valence-corrected chi connectivity index (χ3v) is 3.46. The second kappa shape index (κ2) is 6.34. The molecule has 0 heterocycles. The van der Waals surface area contributed by atoms with Crippen LogP contribution in [0.4, 0.5) is 5.69 Å². The number of Topliss-reactive ketones (excluding diaryl/α,β-unsaturated/α-hetero) is 1. The molecule has 0 aliphatic rings. The summed E-state index contributed by atoms with van der Waals surface area (Å²) < 4.78 is 0. The molecule has 1 unspecified atom stereocenters. The smallest absolute Gasteiger partial charge is 0.156 e. The molecule has 0 aromatic heterocycles. The molecule has 0 aliphatic carbocycles. The van der Waals surface area contributed by atoms with E-state index in [0.717, 1.165) is 0 Å². The third kappa shape index (κ3) is 3.66. The molecule has 0 N–H and O–H groups in total. The fourth-order valence-corrected chi connectivity index (χ4v) is 1.74. The standard InChI is InChI=1S/C11H11Cl3N2O/c1-3-8(6(2)17)15-16-9-5-4-7(12)10(13)11(9)14/h4-5,8H,3H2,1-2H3. The van der Waals surface area contributed by atoms with E-state index in [0.29, 0.717) is 17.1 Å². The summed E-state index contributed by atoms with van der Waals surface area (Å²) in [6.45, 7) is 3.34. The van der Waals surface area contributed by atoms with Crippen molar-refractivity contribution in [2.45, 2.75) is 26.3 Å². The lowest BCUT2D eigenvalue weighted by atomic mass is 10.2. The molecule has 1 aromatic carbocycles.